The predicted octanol–water partition coefficient (Wildman–Crippen LogP) is 2.79. The van der Waals surface area contributed by atoms with Gasteiger partial charge in [-0.1, -0.05) is 18.6 Å². The summed E-state index contributed by atoms with van der Waals surface area (Å²) in [6, 6.07) is 7.41. The highest BCUT2D eigenvalue weighted by atomic mass is 16.5. The summed E-state index contributed by atoms with van der Waals surface area (Å²) in [7, 11) is 1.72. The molecule has 132 valence electrons. The van der Waals surface area contributed by atoms with E-state index < -0.39 is 0 Å². The van der Waals surface area contributed by atoms with Gasteiger partial charge in [-0.2, -0.15) is 0 Å². The van der Waals surface area contributed by atoms with Crippen molar-refractivity contribution in [2.45, 2.75) is 38.2 Å². The van der Waals surface area contributed by atoms with Crippen molar-refractivity contribution in [2.24, 2.45) is 5.41 Å². The number of ether oxygens (including phenoxy) is 3. The van der Waals surface area contributed by atoms with E-state index >= 15 is 0 Å². The molecule has 5 nitrogen and oxygen atoms in total. The maximum absolute atomic E-state index is 12.6. The molecular formula is C19H27NO4. The molecule has 24 heavy (non-hydrogen) atoms. The maximum Gasteiger partial charge on any atom is 0.255 e. The Kier molecular flexibility index (Phi) is 5.74. The number of hydrogen-bond acceptors (Lipinski definition) is 4. The maximum atomic E-state index is 12.6. The summed E-state index contributed by atoms with van der Waals surface area (Å²) < 4.78 is 16.7. The molecule has 5 heteroatoms. The topological polar surface area (TPSA) is 56.8 Å². The van der Waals surface area contributed by atoms with Gasteiger partial charge in [-0.3, -0.25) is 4.79 Å². The van der Waals surface area contributed by atoms with Gasteiger partial charge in [-0.05, 0) is 37.8 Å². The lowest BCUT2D eigenvalue weighted by atomic mass is 9.69. The number of carbonyl (C=O) groups excluding carboxylic acids is 1. The molecule has 0 aromatic heterocycles. The molecule has 1 aliphatic heterocycles. The van der Waals surface area contributed by atoms with Gasteiger partial charge in [0.15, 0.2) is 0 Å². The van der Waals surface area contributed by atoms with E-state index in [1.54, 1.807) is 7.11 Å². The fourth-order valence-electron chi connectivity index (χ4n) is 3.46. The number of nitrogens with one attached hydrogen (secondary N) is 1. The average Bonchev–Trinajstić information content (AvgIpc) is 3.09. The predicted molar refractivity (Wildman–Crippen MR) is 91.4 cm³/mol. The van der Waals surface area contributed by atoms with Crippen LogP contribution in [0.5, 0.6) is 5.75 Å². The van der Waals surface area contributed by atoms with Crippen LogP contribution in [0.3, 0.4) is 0 Å². The third kappa shape index (κ3) is 4.08. The van der Waals surface area contributed by atoms with Crippen LogP contribution >= 0.6 is 0 Å². The molecule has 0 spiro atoms. The van der Waals surface area contributed by atoms with Crippen molar-refractivity contribution in [1.82, 2.24) is 5.32 Å². The lowest BCUT2D eigenvalue weighted by Crippen LogP contribution is -2.45. The average molecular weight is 333 g/mol. The minimum atomic E-state index is -0.0830. The van der Waals surface area contributed by atoms with E-state index in [0.717, 1.165) is 32.3 Å². The van der Waals surface area contributed by atoms with Crippen LogP contribution < -0.4 is 10.1 Å². The number of carbonyl (C=O) groups is 1. The molecule has 1 amide bonds. The van der Waals surface area contributed by atoms with Crippen molar-refractivity contribution >= 4 is 5.91 Å². The van der Waals surface area contributed by atoms with Crippen LogP contribution in [-0.2, 0) is 9.47 Å². The van der Waals surface area contributed by atoms with Gasteiger partial charge in [0, 0.05) is 25.7 Å². The first kappa shape index (κ1) is 17.2. The molecule has 1 saturated heterocycles. The minimum Gasteiger partial charge on any atom is -0.490 e. The summed E-state index contributed by atoms with van der Waals surface area (Å²) in [6.07, 6.45) is 5.67. The van der Waals surface area contributed by atoms with E-state index in [1.165, 1.54) is 6.42 Å². The Hall–Kier alpha value is -1.59. The molecular weight excluding hydrogens is 306 g/mol. The van der Waals surface area contributed by atoms with Gasteiger partial charge in [0.1, 0.15) is 12.4 Å². The normalized spacial score (nSPS) is 22.0. The molecule has 2 aliphatic rings. The first-order valence-corrected chi connectivity index (χ1v) is 8.83. The zero-order valence-corrected chi connectivity index (χ0v) is 14.4. The van der Waals surface area contributed by atoms with Gasteiger partial charge < -0.3 is 19.5 Å². The van der Waals surface area contributed by atoms with Crippen molar-refractivity contribution in [3.05, 3.63) is 29.8 Å². The van der Waals surface area contributed by atoms with Gasteiger partial charge in [-0.15, -0.1) is 0 Å². The van der Waals surface area contributed by atoms with E-state index in [4.69, 9.17) is 14.2 Å². The van der Waals surface area contributed by atoms with Crippen molar-refractivity contribution < 1.29 is 19.0 Å². The quantitative estimate of drug-likeness (QED) is 0.795. The van der Waals surface area contributed by atoms with Crippen molar-refractivity contribution in [1.29, 1.82) is 0 Å². The van der Waals surface area contributed by atoms with E-state index in [1.807, 2.05) is 24.3 Å². The monoisotopic (exact) mass is 333 g/mol. The van der Waals surface area contributed by atoms with Crippen LogP contribution in [0.15, 0.2) is 24.3 Å². The highest BCUT2D eigenvalue weighted by Crippen LogP contribution is 2.40. The van der Waals surface area contributed by atoms with E-state index in [0.29, 0.717) is 31.1 Å². The van der Waals surface area contributed by atoms with Gasteiger partial charge in [0.25, 0.3) is 5.91 Å². The largest absolute Gasteiger partial charge is 0.490 e. The van der Waals surface area contributed by atoms with Gasteiger partial charge in [-0.25, -0.2) is 0 Å². The van der Waals surface area contributed by atoms with Crippen LogP contribution in [0.2, 0.25) is 0 Å². The number of benzene rings is 1. The Morgan fingerprint density at radius 1 is 1.33 bits per heavy atom. The van der Waals surface area contributed by atoms with Crippen LogP contribution in [0, 0.1) is 5.41 Å². The van der Waals surface area contributed by atoms with E-state index in [-0.39, 0.29) is 17.4 Å². The summed E-state index contributed by atoms with van der Waals surface area (Å²) in [4.78, 5) is 12.6. The summed E-state index contributed by atoms with van der Waals surface area (Å²) in [5.74, 6) is 0.542. The smallest absolute Gasteiger partial charge is 0.255 e. The zero-order chi connectivity index (χ0) is 16.8. The number of amides is 1. The van der Waals surface area contributed by atoms with Crippen LogP contribution in [0.25, 0.3) is 0 Å². The molecule has 0 radical (unpaired) electrons. The number of hydrogen-bond donors (Lipinski definition) is 1. The molecule has 0 bridgehead atoms. The number of rotatable bonds is 8. The summed E-state index contributed by atoms with van der Waals surface area (Å²) >= 11 is 0. The molecule has 3 rings (SSSR count). The third-order valence-electron chi connectivity index (χ3n) is 5.07. The Labute approximate surface area is 143 Å². The second-order valence-corrected chi connectivity index (χ2v) is 6.91. The zero-order valence-electron chi connectivity index (χ0n) is 14.4. The Bertz CT molecular complexity index is 550. The summed E-state index contributed by atoms with van der Waals surface area (Å²) in [5.41, 5.74) is 0.695. The Balaban J connectivity index is 1.57. The highest BCUT2D eigenvalue weighted by molar-refractivity contribution is 5.96. The lowest BCUT2D eigenvalue weighted by molar-refractivity contribution is 0.0179. The highest BCUT2D eigenvalue weighted by Gasteiger charge is 2.37. The first-order chi connectivity index (χ1) is 11.7. The Morgan fingerprint density at radius 2 is 2.17 bits per heavy atom. The standard InChI is InChI=1S/C19H27NO4/c1-22-14-19(9-5-10-19)13-20-18(21)16-7-2-3-8-17(16)24-12-15-6-4-11-23-15/h2-3,7-8,15H,4-6,9-14H2,1H3,(H,20,21)/t15-/m1/s1. The number of methoxy groups -OCH3 is 1. The molecule has 0 unspecified atom stereocenters. The fraction of sp³-hybridized carbons (Fsp3) is 0.632. The van der Waals surface area contributed by atoms with Gasteiger partial charge in [0.05, 0.1) is 18.3 Å². The molecule has 1 aromatic rings. The molecule has 2 fully saturated rings. The molecule has 1 heterocycles. The summed E-state index contributed by atoms with van der Waals surface area (Å²) in [5, 5.41) is 3.06. The van der Waals surface area contributed by atoms with Gasteiger partial charge >= 0.3 is 0 Å². The molecule has 1 saturated carbocycles. The third-order valence-corrected chi connectivity index (χ3v) is 5.07. The molecule has 1 aliphatic carbocycles. The van der Waals surface area contributed by atoms with Crippen molar-refractivity contribution in [3.63, 3.8) is 0 Å². The first-order valence-electron chi connectivity index (χ1n) is 8.83. The minimum absolute atomic E-state index is 0.0830. The molecule has 1 atom stereocenters. The van der Waals surface area contributed by atoms with E-state index in [9.17, 15) is 4.79 Å². The van der Waals surface area contributed by atoms with Crippen LogP contribution in [0.1, 0.15) is 42.5 Å². The van der Waals surface area contributed by atoms with Crippen molar-refractivity contribution in [3.8, 4) is 5.75 Å². The van der Waals surface area contributed by atoms with Crippen LogP contribution in [-0.4, -0.2) is 45.5 Å². The number of para-hydroxylation sites is 1. The summed E-state index contributed by atoms with van der Waals surface area (Å²) in [6.45, 7) is 2.65. The SMILES string of the molecule is COCC1(CNC(=O)c2ccccc2OC[C@H]2CCCO2)CCC1. The van der Waals surface area contributed by atoms with Crippen molar-refractivity contribution in [2.75, 3.05) is 33.5 Å². The lowest BCUT2D eigenvalue weighted by Gasteiger charge is -2.41. The second-order valence-electron chi connectivity index (χ2n) is 6.91. The second kappa shape index (κ2) is 7.99. The van der Waals surface area contributed by atoms with E-state index in [2.05, 4.69) is 5.32 Å². The fourth-order valence-corrected chi connectivity index (χ4v) is 3.46. The Morgan fingerprint density at radius 3 is 2.83 bits per heavy atom. The molecule has 1 aromatic carbocycles. The molecule has 1 N–H and O–H groups in total. The van der Waals surface area contributed by atoms with Gasteiger partial charge in [0.2, 0.25) is 0 Å². The van der Waals surface area contributed by atoms with Crippen LogP contribution in [0.4, 0.5) is 0 Å².